The summed E-state index contributed by atoms with van der Waals surface area (Å²) in [7, 11) is -4.43. The molecule has 0 aliphatic heterocycles. The molecule has 5 heteroatoms. The van der Waals surface area contributed by atoms with Crippen molar-refractivity contribution in [3.05, 3.63) is 41.5 Å². The monoisotopic (exact) mass is 442 g/mol. The summed E-state index contributed by atoms with van der Waals surface area (Å²) in [4.78, 5) is -0.125. The van der Waals surface area contributed by atoms with E-state index < -0.39 is 10.1 Å². The first-order valence-corrected chi connectivity index (χ1v) is 12.4. The zero-order valence-corrected chi connectivity index (χ0v) is 22.4. The predicted molar refractivity (Wildman–Crippen MR) is 117 cm³/mol. The molecule has 0 bridgehead atoms. The molecule has 0 amide bonds. The summed E-state index contributed by atoms with van der Waals surface area (Å²) < 4.78 is 34.4. The van der Waals surface area contributed by atoms with Gasteiger partial charge in [-0.1, -0.05) is 83.4 Å². The van der Waals surface area contributed by atoms with Gasteiger partial charge >= 0.3 is 51.4 Å². The molecule has 0 heterocycles. The molecule has 0 radical (unpaired) electrons. The van der Waals surface area contributed by atoms with Crippen molar-refractivity contribution >= 4 is 20.9 Å². The largest absolute Gasteiger partial charge is 1.00 e. The Kier molecular flexibility index (Phi) is 13.5. The number of aryl methyl sites for hydroxylation is 2. The Hall–Kier alpha value is 0.246. The molecule has 2 rings (SSSR count). The Labute approximate surface area is 220 Å². The Balaban J connectivity index is 0.00000420. The Morgan fingerprint density at radius 3 is 1.93 bits per heavy atom. The van der Waals surface area contributed by atoms with Crippen molar-refractivity contribution in [3.8, 4) is 0 Å². The van der Waals surface area contributed by atoms with Gasteiger partial charge in [-0.25, -0.2) is 8.42 Å². The van der Waals surface area contributed by atoms with Crippen LogP contribution in [0.5, 0.6) is 0 Å². The topological polar surface area (TPSA) is 57.2 Å². The van der Waals surface area contributed by atoms with Crippen molar-refractivity contribution in [2.75, 3.05) is 0 Å². The van der Waals surface area contributed by atoms with Gasteiger partial charge in [-0.2, -0.15) is 0 Å². The third-order valence-electron chi connectivity index (χ3n) is 5.48. The van der Waals surface area contributed by atoms with Gasteiger partial charge in [0.2, 0.25) is 0 Å². The summed E-state index contributed by atoms with van der Waals surface area (Å²) in [5, 5.41) is 1.96. The number of fused-ring (bicyclic) bond motifs is 1. The van der Waals surface area contributed by atoms with E-state index in [9.17, 15) is 13.0 Å². The molecular formula is C24H35KO3S. The maximum absolute atomic E-state index is 11.5. The second-order valence-corrected chi connectivity index (χ2v) is 9.30. The van der Waals surface area contributed by atoms with E-state index in [0.29, 0.717) is 0 Å². The standard InChI is InChI=1S/C24H36O3S.K/c1-3-5-7-9-11-13-20-17-21(14-12-10-8-6-4-2)24-19-23(28(25,26)27)16-15-22(24)18-20;/h15-19H,3-14H2,1-2H3,(H,25,26,27);/q;+1/p-1. The molecule has 2 aromatic rings. The van der Waals surface area contributed by atoms with Crippen LogP contribution in [-0.4, -0.2) is 13.0 Å². The molecule has 3 nitrogen and oxygen atoms in total. The molecular weight excluding hydrogens is 407 g/mol. The average Bonchev–Trinajstić information content (AvgIpc) is 2.66. The van der Waals surface area contributed by atoms with E-state index in [2.05, 4.69) is 26.0 Å². The normalized spacial score (nSPS) is 11.6. The summed E-state index contributed by atoms with van der Waals surface area (Å²) in [5.74, 6) is 0. The van der Waals surface area contributed by atoms with Crippen LogP contribution in [0.15, 0.2) is 35.2 Å². The van der Waals surface area contributed by atoms with Crippen LogP contribution in [0.3, 0.4) is 0 Å². The zero-order chi connectivity index (χ0) is 20.4. The fourth-order valence-electron chi connectivity index (χ4n) is 3.84. The Morgan fingerprint density at radius 2 is 1.34 bits per heavy atom. The van der Waals surface area contributed by atoms with Crippen LogP contribution < -0.4 is 51.4 Å². The summed E-state index contributed by atoms with van der Waals surface area (Å²) >= 11 is 0. The first-order chi connectivity index (χ1) is 13.5. The molecule has 29 heavy (non-hydrogen) atoms. The van der Waals surface area contributed by atoms with Crippen molar-refractivity contribution in [2.45, 2.75) is 95.8 Å². The molecule has 0 spiro atoms. The molecule has 0 saturated heterocycles. The number of hydrogen-bond donors (Lipinski definition) is 0. The van der Waals surface area contributed by atoms with E-state index in [1.165, 1.54) is 75.0 Å². The first-order valence-electron chi connectivity index (χ1n) is 11.0. The first kappa shape index (κ1) is 27.3. The molecule has 0 atom stereocenters. The van der Waals surface area contributed by atoms with Crippen molar-refractivity contribution in [1.82, 2.24) is 0 Å². The Morgan fingerprint density at radius 1 is 0.759 bits per heavy atom. The van der Waals surface area contributed by atoms with Crippen molar-refractivity contribution in [1.29, 1.82) is 0 Å². The molecule has 0 saturated carbocycles. The van der Waals surface area contributed by atoms with Gasteiger partial charge in [0.1, 0.15) is 10.1 Å². The van der Waals surface area contributed by atoms with Gasteiger partial charge in [-0.05, 0) is 59.7 Å². The molecule has 0 aliphatic carbocycles. The van der Waals surface area contributed by atoms with E-state index in [1.807, 2.05) is 0 Å². The van der Waals surface area contributed by atoms with Gasteiger partial charge in [0.15, 0.2) is 0 Å². The van der Waals surface area contributed by atoms with Crippen LogP contribution in [-0.2, 0) is 23.0 Å². The average molecular weight is 443 g/mol. The van der Waals surface area contributed by atoms with E-state index in [0.717, 1.165) is 30.0 Å². The minimum atomic E-state index is -4.43. The van der Waals surface area contributed by atoms with Crippen LogP contribution in [0.1, 0.15) is 89.2 Å². The van der Waals surface area contributed by atoms with Crippen molar-refractivity contribution < 1.29 is 64.4 Å². The number of unbranched alkanes of at least 4 members (excludes halogenated alkanes) is 8. The minimum Gasteiger partial charge on any atom is -0.744 e. The van der Waals surface area contributed by atoms with Gasteiger partial charge < -0.3 is 4.55 Å². The summed E-state index contributed by atoms with van der Waals surface area (Å²) in [6, 6.07) is 9.21. The SMILES string of the molecule is CCCCCCCc1cc(CCCCCCC)c2cc(S(=O)(=O)[O-])ccc2c1.[K+]. The quantitative estimate of drug-likeness (QED) is 0.269. The van der Waals surface area contributed by atoms with Gasteiger partial charge in [-0.3, -0.25) is 0 Å². The van der Waals surface area contributed by atoms with E-state index >= 15 is 0 Å². The van der Waals surface area contributed by atoms with Crippen LogP contribution in [0.25, 0.3) is 10.8 Å². The molecule has 156 valence electrons. The summed E-state index contributed by atoms with van der Waals surface area (Å²) in [6.45, 7) is 4.44. The minimum absolute atomic E-state index is 0. The maximum Gasteiger partial charge on any atom is 1.00 e. The van der Waals surface area contributed by atoms with Gasteiger partial charge in [0.25, 0.3) is 0 Å². The summed E-state index contributed by atoms with van der Waals surface area (Å²) in [6.07, 6.45) is 14.3. The van der Waals surface area contributed by atoms with Crippen molar-refractivity contribution in [3.63, 3.8) is 0 Å². The van der Waals surface area contributed by atoms with Crippen LogP contribution in [0, 0.1) is 0 Å². The fourth-order valence-corrected chi connectivity index (χ4v) is 4.34. The third kappa shape index (κ3) is 9.50. The second-order valence-electron chi connectivity index (χ2n) is 7.92. The van der Waals surface area contributed by atoms with E-state index in [-0.39, 0.29) is 56.3 Å². The molecule has 0 N–H and O–H groups in total. The van der Waals surface area contributed by atoms with Crippen LogP contribution >= 0.6 is 0 Å². The molecule has 0 aromatic heterocycles. The number of rotatable bonds is 13. The predicted octanol–water partition coefficient (Wildman–Crippen LogP) is 3.77. The van der Waals surface area contributed by atoms with Crippen LogP contribution in [0.4, 0.5) is 0 Å². The molecule has 0 aliphatic rings. The van der Waals surface area contributed by atoms with Gasteiger partial charge in [0.05, 0.1) is 4.90 Å². The van der Waals surface area contributed by atoms with Crippen molar-refractivity contribution in [2.24, 2.45) is 0 Å². The second kappa shape index (κ2) is 14.3. The smallest absolute Gasteiger partial charge is 0.744 e. The van der Waals surface area contributed by atoms with Gasteiger partial charge in [-0.15, -0.1) is 0 Å². The molecule has 2 aromatic carbocycles. The third-order valence-corrected chi connectivity index (χ3v) is 6.31. The number of hydrogen-bond acceptors (Lipinski definition) is 3. The zero-order valence-electron chi connectivity index (χ0n) is 18.5. The van der Waals surface area contributed by atoms with Crippen LogP contribution in [0.2, 0.25) is 0 Å². The summed E-state index contributed by atoms with van der Waals surface area (Å²) in [5.41, 5.74) is 2.51. The van der Waals surface area contributed by atoms with Gasteiger partial charge in [0, 0.05) is 0 Å². The van der Waals surface area contributed by atoms with E-state index in [4.69, 9.17) is 0 Å². The molecule has 0 unspecified atom stereocenters. The fraction of sp³-hybridized carbons (Fsp3) is 0.583. The number of benzene rings is 2. The van der Waals surface area contributed by atoms with E-state index in [1.54, 1.807) is 12.1 Å². The maximum atomic E-state index is 11.5. The Bertz CT molecular complexity index is 847. The molecule has 0 fully saturated rings.